The number of benzene rings is 7. The maximum absolute atomic E-state index is 5.08. The third kappa shape index (κ3) is 5.87. The van der Waals surface area contributed by atoms with Crippen LogP contribution < -0.4 is 5.14 Å². The molecule has 0 radical (unpaired) electrons. The Morgan fingerprint density at radius 2 is 1.08 bits per heavy atom. The highest BCUT2D eigenvalue weighted by atomic mass is 32.1. The number of rotatable bonds is 5. The molecule has 0 aliphatic rings. The van der Waals surface area contributed by atoms with Crippen molar-refractivity contribution in [3.8, 4) is 50.7 Å². The lowest BCUT2D eigenvalue weighted by Crippen LogP contribution is -1.96. The first-order valence-corrected chi connectivity index (χ1v) is 18.8. The Balaban J connectivity index is 0.00000183. The van der Waals surface area contributed by atoms with Crippen LogP contribution in [-0.4, -0.2) is 14.5 Å². The first-order valence-electron chi connectivity index (χ1n) is 17.5. The average Bonchev–Trinajstić information content (AvgIpc) is 3.77. The monoisotopic (exact) mass is 718 g/mol. The minimum absolute atomic E-state index is 0.711. The Bertz CT molecular complexity index is 2850. The van der Waals surface area contributed by atoms with Crippen LogP contribution in [0.4, 0.5) is 0 Å². The summed E-state index contributed by atoms with van der Waals surface area (Å²) < 4.78 is 5.01. The maximum atomic E-state index is 5.08. The van der Waals surface area contributed by atoms with Gasteiger partial charge in [0.15, 0.2) is 5.82 Å². The molecule has 254 valence electrons. The van der Waals surface area contributed by atoms with Gasteiger partial charge in [-0.3, -0.25) is 5.14 Å². The molecule has 0 aliphatic heterocycles. The van der Waals surface area contributed by atoms with Crippen LogP contribution in [0.2, 0.25) is 0 Å². The van der Waals surface area contributed by atoms with Crippen molar-refractivity contribution in [1.82, 2.24) is 14.5 Å². The molecule has 0 spiro atoms. The van der Waals surface area contributed by atoms with E-state index in [0.29, 0.717) is 5.82 Å². The molecular formula is C47H34N4S2. The quantitative estimate of drug-likeness (QED) is 0.174. The Hall–Kier alpha value is -6.05. The highest BCUT2D eigenvalue weighted by Gasteiger charge is 2.18. The summed E-state index contributed by atoms with van der Waals surface area (Å²) >= 11 is 4.89. The highest BCUT2D eigenvalue weighted by Crippen LogP contribution is 2.43. The predicted molar refractivity (Wildman–Crippen MR) is 229 cm³/mol. The zero-order valence-electron chi connectivity index (χ0n) is 28.9. The Labute approximate surface area is 317 Å². The number of thiophene rings is 1. The number of aryl methyl sites for hydroxylation is 1. The fraction of sp³-hybridized carbons (Fsp3) is 0.0213. The molecule has 7 aromatic carbocycles. The Kier molecular flexibility index (Phi) is 8.56. The van der Waals surface area contributed by atoms with Crippen molar-refractivity contribution in [3.63, 3.8) is 0 Å². The van der Waals surface area contributed by atoms with Gasteiger partial charge in [-0.1, -0.05) is 133 Å². The van der Waals surface area contributed by atoms with Crippen molar-refractivity contribution in [2.75, 3.05) is 0 Å². The fourth-order valence-electron chi connectivity index (χ4n) is 7.41. The predicted octanol–water partition coefficient (Wildman–Crippen LogP) is 12.7. The van der Waals surface area contributed by atoms with Gasteiger partial charge in [-0.2, -0.15) is 0 Å². The van der Waals surface area contributed by atoms with Gasteiger partial charge in [0.1, 0.15) is 0 Å². The van der Waals surface area contributed by atoms with E-state index in [1.165, 1.54) is 53.1 Å². The van der Waals surface area contributed by atoms with Crippen molar-refractivity contribution in [1.29, 1.82) is 0 Å². The van der Waals surface area contributed by atoms with Gasteiger partial charge >= 0.3 is 0 Å². The van der Waals surface area contributed by atoms with Crippen molar-refractivity contribution in [2.45, 2.75) is 6.92 Å². The summed E-state index contributed by atoms with van der Waals surface area (Å²) in [5.74, 6) is 0.711. The molecule has 3 aromatic heterocycles. The summed E-state index contributed by atoms with van der Waals surface area (Å²) in [6, 6.07) is 60.6. The third-order valence-corrected chi connectivity index (χ3v) is 11.1. The van der Waals surface area contributed by atoms with Gasteiger partial charge in [0.25, 0.3) is 0 Å². The van der Waals surface area contributed by atoms with Crippen molar-refractivity contribution >= 4 is 66.1 Å². The minimum atomic E-state index is 0.711. The van der Waals surface area contributed by atoms with E-state index in [2.05, 4.69) is 187 Å². The number of fused-ring (bicyclic) bond motifs is 6. The van der Waals surface area contributed by atoms with Crippen LogP contribution in [0, 0.1) is 6.92 Å². The number of aromatic nitrogens is 3. The molecule has 0 aliphatic carbocycles. The summed E-state index contributed by atoms with van der Waals surface area (Å²) in [6.07, 6.45) is 0. The molecule has 0 amide bonds. The largest absolute Gasteiger partial charge is 0.309 e. The smallest absolute Gasteiger partial charge is 0.160 e. The maximum Gasteiger partial charge on any atom is 0.160 e. The fourth-order valence-corrected chi connectivity index (χ4v) is 8.63. The molecule has 10 rings (SSSR count). The number of hydrogen-bond acceptors (Lipinski definition) is 5. The van der Waals surface area contributed by atoms with Gasteiger partial charge in [-0.25, -0.2) is 9.97 Å². The van der Waals surface area contributed by atoms with Gasteiger partial charge in [-0.15, -0.1) is 24.2 Å². The summed E-state index contributed by atoms with van der Waals surface area (Å²) in [5.41, 5.74) is 12.2. The van der Waals surface area contributed by atoms with Gasteiger partial charge in [0.2, 0.25) is 0 Å². The van der Waals surface area contributed by atoms with E-state index in [4.69, 9.17) is 9.97 Å². The SMILES string of the molecule is Cc1ccc2c(c1)c1ccccc1n2-c1cc(-c2ccc(-c3nc(-c4ccccc4)cc(-c4ccccc4)n3)cc2)c2sc3ccccc3c2c1.NS. The lowest BCUT2D eigenvalue weighted by Gasteiger charge is -2.13. The second kappa shape index (κ2) is 13.8. The van der Waals surface area contributed by atoms with Crippen molar-refractivity contribution < 1.29 is 0 Å². The first-order chi connectivity index (χ1) is 26.2. The molecule has 0 atom stereocenters. The van der Waals surface area contributed by atoms with Crippen LogP contribution in [0.1, 0.15) is 5.56 Å². The van der Waals surface area contributed by atoms with E-state index in [9.17, 15) is 0 Å². The van der Waals surface area contributed by atoms with Crippen LogP contribution in [0.15, 0.2) is 170 Å². The van der Waals surface area contributed by atoms with Gasteiger partial charge in [0.05, 0.1) is 22.4 Å². The molecule has 4 nitrogen and oxygen atoms in total. The highest BCUT2D eigenvalue weighted by molar-refractivity contribution is 7.77. The number of para-hydroxylation sites is 1. The van der Waals surface area contributed by atoms with E-state index in [-0.39, 0.29) is 0 Å². The van der Waals surface area contributed by atoms with E-state index in [1.54, 1.807) is 0 Å². The lowest BCUT2D eigenvalue weighted by molar-refractivity contribution is 1.18. The second-order valence-electron chi connectivity index (χ2n) is 13.1. The van der Waals surface area contributed by atoms with Crippen LogP contribution in [-0.2, 0) is 0 Å². The van der Waals surface area contributed by atoms with E-state index < -0.39 is 0 Å². The van der Waals surface area contributed by atoms with E-state index in [1.807, 2.05) is 23.5 Å². The van der Waals surface area contributed by atoms with Crippen molar-refractivity contribution in [2.24, 2.45) is 5.14 Å². The molecule has 0 unspecified atom stereocenters. The summed E-state index contributed by atoms with van der Waals surface area (Å²) in [7, 11) is 0. The van der Waals surface area contributed by atoms with Crippen molar-refractivity contribution in [3.05, 3.63) is 175 Å². The second-order valence-corrected chi connectivity index (χ2v) is 14.2. The molecular weight excluding hydrogens is 685 g/mol. The van der Waals surface area contributed by atoms with Gasteiger partial charge in [0, 0.05) is 58.9 Å². The minimum Gasteiger partial charge on any atom is -0.309 e. The summed E-state index contributed by atoms with van der Waals surface area (Å²) in [5, 5.41) is 9.30. The Morgan fingerprint density at radius 3 is 1.77 bits per heavy atom. The molecule has 2 N–H and O–H groups in total. The zero-order valence-corrected chi connectivity index (χ0v) is 30.7. The number of hydrogen-bond donors (Lipinski definition) is 2. The molecule has 0 saturated heterocycles. The normalized spacial score (nSPS) is 11.3. The van der Waals surface area contributed by atoms with Gasteiger partial charge < -0.3 is 4.57 Å². The summed E-state index contributed by atoms with van der Waals surface area (Å²) in [4.78, 5) is 10.2. The van der Waals surface area contributed by atoms with E-state index >= 15 is 0 Å². The topological polar surface area (TPSA) is 56.7 Å². The molecule has 10 aromatic rings. The number of thiol groups is 1. The Morgan fingerprint density at radius 1 is 0.491 bits per heavy atom. The third-order valence-electron chi connectivity index (χ3n) is 9.87. The lowest BCUT2D eigenvalue weighted by atomic mass is 10.00. The standard InChI is InChI=1S/C47H31N3S.H3NS/c1-30-20-25-44-39(26-30)36-16-8-10-18-43(36)50(44)35-27-38(46-40(28-35)37-17-9-11-19-45(37)51-46)31-21-23-34(24-22-31)47-48-41(32-12-4-2-5-13-32)29-42(49-47)33-14-6-3-7-15-33;1-2/h2-29H,1H3;2H,1H2. The van der Waals surface area contributed by atoms with Crippen LogP contribution in [0.3, 0.4) is 0 Å². The van der Waals surface area contributed by atoms with Gasteiger partial charge in [-0.05, 0) is 55.0 Å². The van der Waals surface area contributed by atoms with Crippen LogP contribution in [0.25, 0.3) is 92.7 Å². The molecule has 3 heterocycles. The molecule has 6 heteroatoms. The first kappa shape index (κ1) is 32.8. The molecule has 0 saturated carbocycles. The van der Waals surface area contributed by atoms with E-state index in [0.717, 1.165) is 39.3 Å². The summed E-state index contributed by atoms with van der Waals surface area (Å²) in [6.45, 7) is 2.17. The number of nitrogens with zero attached hydrogens (tertiary/aromatic N) is 3. The van der Waals surface area contributed by atoms with Crippen LogP contribution >= 0.6 is 24.2 Å². The average molecular weight is 719 g/mol. The number of nitrogens with two attached hydrogens (primary N) is 1. The van der Waals surface area contributed by atoms with Crippen LogP contribution in [0.5, 0.6) is 0 Å². The zero-order chi connectivity index (χ0) is 35.9. The molecule has 0 bridgehead atoms. The molecule has 0 fully saturated rings. The molecule has 53 heavy (non-hydrogen) atoms.